The van der Waals surface area contributed by atoms with Crippen LogP contribution in [-0.2, 0) is 12.8 Å². The van der Waals surface area contributed by atoms with Crippen molar-refractivity contribution < 1.29 is 14.3 Å². The second-order valence-corrected chi connectivity index (χ2v) is 4.71. The molecule has 1 aromatic carbocycles. The minimum atomic E-state index is -1.12. The van der Waals surface area contributed by atoms with Crippen LogP contribution in [0.2, 0.25) is 0 Å². The molecule has 0 bridgehead atoms. The van der Waals surface area contributed by atoms with Gasteiger partial charge in [-0.05, 0) is 23.8 Å². The van der Waals surface area contributed by atoms with E-state index in [9.17, 15) is 14.0 Å². The van der Waals surface area contributed by atoms with Gasteiger partial charge in [-0.3, -0.25) is 4.57 Å². The minimum Gasteiger partial charge on any atom is -0.478 e. The Bertz CT molecular complexity index is 680. The summed E-state index contributed by atoms with van der Waals surface area (Å²) in [6.07, 6.45) is 0. The van der Waals surface area contributed by atoms with E-state index < -0.39 is 11.8 Å². The number of rotatable bonds is 4. The van der Waals surface area contributed by atoms with E-state index in [4.69, 9.17) is 5.11 Å². The molecule has 1 aromatic heterocycles. The zero-order chi connectivity index (χ0) is 14.0. The summed E-state index contributed by atoms with van der Waals surface area (Å²) in [6.45, 7) is 0. The number of H-pyrrole nitrogens is 1. The number of nitrogens with zero attached hydrogens (tertiary/aromatic N) is 2. The van der Waals surface area contributed by atoms with E-state index >= 15 is 0 Å². The highest BCUT2D eigenvalue weighted by Crippen LogP contribution is 2.22. The second-order valence-electron chi connectivity index (χ2n) is 3.77. The van der Waals surface area contributed by atoms with E-state index in [1.165, 1.54) is 23.7 Å². The van der Waals surface area contributed by atoms with Gasteiger partial charge in [0.15, 0.2) is 5.16 Å². The van der Waals surface area contributed by atoms with E-state index in [1.54, 1.807) is 0 Å². The molecule has 0 aliphatic rings. The van der Waals surface area contributed by atoms with Crippen molar-refractivity contribution in [3.05, 3.63) is 45.6 Å². The molecule has 2 aromatic rings. The van der Waals surface area contributed by atoms with Gasteiger partial charge in [0.1, 0.15) is 5.82 Å². The third-order valence-electron chi connectivity index (χ3n) is 2.49. The first kappa shape index (κ1) is 13.3. The largest absolute Gasteiger partial charge is 0.478 e. The summed E-state index contributed by atoms with van der Waals surface area (Å²) in [5.74, 6) is -1.42. The molecule has 0 spiro atoms. The van der Waals surface area contributed by atoms with E-state index in [0.29, 0.717) is 10.7 Å². The van der Waals surface area contributed by atoms with Crippen LogP contribution in [0.4, 0.5) is 4.39 Å². The van der Waals surface area contributed by atoms with Gasteiger partial charge in [-0.1, -0.05) is 11.8 Å². The van der Waals surface area contributed by atoms with Crippen molar-refractivity contribution in [3.8, 4) is 0 Å². The predicted octanol–water partition coefficient (Wildman–Crippen LogP) is 1.24. The van der Waals surface area contributed by atoms with Crippen molar-refractivity contribution in [1.29, 1.82) is 0 Å². The van der Waals surface area contributed by atoms with Crippen LogP contribution >= 0.6 is 11.8 Å². The van der Waals surface area contributed by atoms with Gasteiger partial charge in [-0.25, -0.2) is 19.1 Å². The van der Waals surface area contributed by atoms with Crippen molar-refractivity contribution in [2.75, 3.05) is 0 Å². The van der Waals surface area contributed by atoms with Gasteiger partial charge in [0, 0.05) is 12.8 Å². The molecule has 0 fully saturated rings. The van der Waals surface area contributed by atoms with Crippen LogP contribution in [0, 0.1) is 5.82 Å². The maximum atomic E-state index is 13.1. The van der Waals surface area contributed by atoms with Gasteiger partial charge >= 0.3 is 11.7 Å². The summed E-state index contributed by atoms with van der Waals surface area (Å²) in [5.41, 5.74) is 0.0163. The SMILES string of the molecule is Cn1c(SCc2cc(F)ccc2C(=O)O)n[nH]c1=O. The molecule has 0 saturated carbocycles. The molecule has 100 valence electrons. The molecule has 19 heavy (non-hydrogen) atoms. The first-order chi connectivity index (χ1) is 8.99. The molecule has 1 heterocycles. The van der Waals surface area contributed by atoms with E-state index in [0.717, 1.165) is 17.8 Å². The van der Waals surface area contributed by atoms with E-state index in [2.05, 4.69) is 10.2 Å². The highest BCUT2D eigenvalue weighted by atomic mass is 32.2. The first-order valence-corrected chi connectivity index (χ1v) is 6.23. The molecular weight excluding hydrogens is 273 g/mol. The molecule has 0 atom stereocenters. The van der Waals surface area contributed by atoms with Crippen molar-refractivity contribution in [2.45, 2.75) is 10.9 Å². The maximum Gasteiger partial charge on any atom is 0.343 e. The average molecular weight is 283 g/mol. The summed E-state index contributed by atoms with van der Waals surface area (Å²) in [7, 11) is 1.54. The van der Waals surface area contributed by atoms with Crippen LogP contribution in [0.3, 0.4) is 0 Å². The number of carboxylic acids is 1. The lowest BCUT2D eigenvalue weighted by molar-refractivity contribution is 0.0696. The van der Waals surface area contributed by atoms with Crippen LogP contribution in [0.15, 0.2) is 28.2 Å². The smallest absolute Gasteiger partial charge is 0.343 e. The molecular formula is C11H10FN3O3S. The highest BCUT2D eigenvalue weighted by Gasteiger charge is 2.13. The Morgan fingerprint density at radius 2 is 2.32 bits per heavy atom. The Morgan fingerprint density at radius 1 is 1.58 bits per heavy atom. The summed E-state index contributed by atoms with van der Waals surface area (Å²) in [5, 5.41) is 15.5. The molecule has 0 unspecified atom stereocenters. The number of aromatic amines is 1. The number of benzene rings is 1. The quantitative estimate of drug-likeness (QED) is 0.824. The van der Waals surface area contributed by atoms with Crippen molar-refractivity contribution in [2.24, 2.45) is 7.05 Å². The predicted molar refractivity (Wildman–Crippen MR) is 66.7 cm³/mol. The fourth-order valence-corrected chi connectivity index (χ4v) is 2.40. The van der Waals surface area contributed by atoms with Crippen LogP contribution in [0.5, 0.6) is 0 Å². The average Bonchev–Trinajstić information content (AvgIpc) is 2.67. The summed E-state index contributed by atoms with van der Waals surface area (Å²) in [4.78, 5) is 22.2. The normalized spacial score (nSPS) is 10.6. The van der Waals surface area contributed by atoms with Crippen LogP contribution in [0.1, 0.15) is 15.9 Å². The lowest BCUT2D eigenvalue weighted by Gasteiger charge is -2.05. The van der Waals surface area contributed by atoms with Gasteiger partial charge in [0.05, 0.1) is 5.56 Å². The Labute approximate surface area is 111 Å². The van der Waals surface area contributed by atoms with Crippen molar-refractivity contribution >= 4 is 17.7 Å². The fourth-order valence-electron chi connectivity index (χ4n) is 1.49. The van der Waals surface area contributed by atoms with Gasteiger partial charge < -0.3 is 5.11 Å². The third-order valence-corrected chi connectivity index (χ3v) is 3.57. The Balaban J connectivity index is 2.24. The molecule has 0 aliphatic heterocycles. The van der Waals surface area contributed by atoms with Gasteiger partial charge in [0.25, 0.3) is 0 Å². The Hall–Kier alpha value is -2.09. The number of aromatic carboxylic acids is 1. The zero-order valence-electron chi connectivity index (χ0n) is 9.88. The number of hydrogen-bond donors (Lipinski definition) is 2. The minimum absolute atomic E-state index is 0.0365. The molecule has 2 rings (SSSR count). The topological polar surface area (TPSA) is 88.0 Å². The molecule has 6 nitrogen and oxygen atoms in total. The number of halogens is 1. The fraction of sp³-hybridized carbons (Fsp3) is 0.182. The van der Waals surface area contributed by atoms with E-state index in [1.807, 2.05) is 0 Å². The third kappa shape index (κ3) is 2.84. The van der Waals surface area contributed by atoms with Gasteiger partial charge in [-0.15, -0.1) is 5.10 Å². The molecule has 0 saturated heterocycles. The van der Waals surface area contributed by atoms with E-state index in [-0.39, 0.29) is 17.0 Å². The summed E-state index contributed by atoms with van der Waals surface area (Å²) in [6, 6.07) is 3.49. The van der Waals surface area contributed by atoms with Crippen LogP contribution in [-0.4, -0.2) is 25.8 Å². The number of hydrogen-bond acceptors (Lipinski definition) is 4. The molecule has 8 heteroatoms. The van der Waals surface area contributed by atoms with Crippen molar-refractivity contribution in [3.63, 3.8) is 0 Å². The van der Waals surface area contributed by atoms with Gasteiger partial charge in [0.2, 0.25) is 0 Å². The maximum absolute atomic E-state index is 13.1. The number of carbonyl (C=O) groups is 1. The van der Waals surface area contributed by atoms with Crippen molar-refractivity contribution in [1.82, 2.24) is 14.8 Å². The number of carboxylic acid groups (broad SMARTS) is 1. The number of nitrogens with one attached hydrogen (secondary N) is 1. The molecule has 0 amide bonds. The van der Waals surface area contributed by atoms with Gasteiger partial charge in [-0.2, -0.15) is 0 Å². The Morgan fingerprint density at radius 3 is 2.89 bits per heavy atom. The molecule has 0 aliphatic carbocycles. The number of thioether (sulfide) groups is 1. The standard InChI is InChI=1S/C11H10FN3O3S/c1-15-10(18)13-14-11(15)19-5-6-4-7(12)2-3-8(6)9(16)17/h2-4H,5H2,1H3,(H,13,18)(H,16,17). The van der Waals surface area contributed by atoms with Crippen LogP contribution < -0.4 is 5.69 Å². The number of aromatic nitrogens is 3. The Kier molecular flexibility index (Phi) is 3.70. The second kappa shape index (κ2) is 5.27. The lowest BCUT2D eigenvalue weighted by Crippen LogP contribution is -2.13. The summed E-state index contributed by atoms with van der Waals surface area (Å²) < 4.78 is 14.4. The monoisotopic (exact) mass is 283 g/mol. The molecule has 2 N–H and O–H groups in total. The highest BCUT2D eigenvalue weighted by molar-refractivity contribution is 7.98. The molecule has 0 radical (unpaired) electrons. The lowest BCUT2D eigenvalue weighted by atomic mass is 10.1. The van der Waals surface area contributed by atoms with Crippen LogP contribution in [0.25, 0.3) is 0 Å². The zero-order valence-corrected chi connectivity index (χ0v) is 10.7. The first-order valence-electron chi connectivity index (χ1n) is 5.25. The summed E-state index contributed by atoms with van der Waals surface area (Å²) >= 11 is 1.15.